The van der Waals surface area contributed by atoms with Gasteiger partial charge in [-0.05, 0) is 83.6 Å². The number of aryl methyl sites for hydroxylation is 1. The molecule has 0 amide bonds. The molecule has 0 spiro atoms. The number of para-hydroxylation sites is 1. The first-order valence-corrected chi connectivity index (χ1v) is 17.9. The molecule has 3 nitrogen and oxygen atoms in total. The summed E-state index contributed by atoms with van der Waals surface area (Å²) in [5.74, 6) is -1.74. The quantitative estimate of drug-likeness (QED) is 0.162. The van der Waals surface area contributed by atoms with E-state index in [9.17, 15) is 1.37 Å². The summed E-state index contributed by atoms with van der Waals surface area (Å²) in [7, 11) is 0. The number of hydrogen-bond acceptors (Lipinski definition) is 3. The maximum atomic E-state index is 15.7. The maximum Gasteiger partial charge on any atom is 0.147 e. The molecule has 0 bridgehead atoms. The van der Waals surface area contributed by atoms with Crippen molar-refractivity contribution in [2.24, 2.45) is 5.41 Å². The number of rotatable bonds is 5. The molecule has 1 aliphatic rings. The molecule has 9 rings (SSSR count). The Morgan fingerprint density at radius 2 is 1.57 bits per heavy atom. The van der Waals surface area contributed by atoms with Crippen molar-refractivity contribution in [3.63, 3.8) is 0 Å². The predicted molar refractivity (Wildman–Crippen MR) is 215 cm³/mol. The van der Waals surface area contributed by atoms with Gasteiger partial charge in [0.05, 0.1) is 13.2 Å². The number of furan rings is 1. The second kappa shape index (κ2) is 16.0. The van der Waals surface area contributed by atoms with Gasteiger partial charge >= 0.3 is 0 Å². The topological polar surface area (TPSA) is 38.9 Å². The number of benzene rings is 5. The molecule has 3 heterocycles. The van der Waals surface area contributed by atoms with Gasteiger partial charge in [-0.15, -0.1) is 54.1 Å². The Balaban J connectivity index is 0.000000347. The van der Waals surface area contributed by atoms with E-state index in [2.05, 4.69) is 35.9 Å². The summed E-state index contributed by atoms with van der Waals surface area (Å²) in [6.45, 7) is 1.71. The van der Waals surface area contributed by atoms with Crippen LogP contribution in [0.15, 0.2) is 144 Å². The molecule has 3 aromatic heterocycles. The summed E-state index contributed by atoms with van der Waals surface area (Å²) >= 11 is 0. The first kappa shape index (κ1) is 31.2. The first-order chi connectivity index (χ1) is 27.8. The predicted octanol–water partition coefficient (Wildman–Crippen LogP) is 13.5. The van der Waals surface area contributed by atoms with Crippen molar-refractivity contribution >= 4 is 21.9 Å². The number of halogens is 1. The van der Waals surface area contributed by atoms with Crippen molar-refractivity contribution < 1.29 is 35.8 Å². The number of aromatic nitrogens is 2. The fourth-order valence-corrected chi connectivity index (χ4v) is 7.08. The summed E-state index contributed by atoms with van der Waals surface area (Å²) in [6, 6.07) is 44.0. The smallest absolute Gasteiger partial charge is 0.147 e. The van der Waals surface area contributed by atoms with Crippen LogP contribution in [0.1, 0.15) is 63.4 Å². The van der Waals surface area contributed by atoms with Gasteiger partial charge in [0.15, 0.2) is 0 Å². The molecule has 0 N–H and O–H groups in total. The van der Waals surface area contributed by atoms with E-state index in [1.807, 2.05) is 97.1 Å². The Bertz CT molecular complexity index is 2690. The van der Waals surface area contributed by atoms with Gasteiger partial charge in [0, 0.05) is 48.3 Å². The van der Waals surface area contributed by atoms with Crippen molar-refractivity contribution in [2.45, 2.75) is 52.3 Å². The Kier molecular flexibility index (Phi) is 9.25. The van der Waals surface area contributed by atoms with Gasteiger partial charge in [-0.1, -0.05) is 110 Å². The normalized spacial score (nSPS) is 16.1. The standard InChI is InChI=1S/C38H33FNO.C11H8N.Ir/c1-24-21-27(25-17-19-38(2,3)20-18-25)15-16-28(24)33-22-35(40-23-34(33)39)32-14-8-13-31-30-12-7-11-29(36(30)41-37(31)32)26-9-5-4-6-10-26;1-2-6-10(7-3-1)11-8-4-5-9-12-11;/h4-13,15-16,21-23,25H,17-20H2,1-3H3;1-6,8-9H;/q2*-1;/i1D3,16D,25D;;. The van der Waals surface area contributed by atoms with E-state index >= 15 is 4.39 Å². The Hall–Kier alpha value is -5.22. The Morgan fingerprint density at radius 1 is 0.778 bits per heavy atom. The molecular formula is C49H41FIrN2O-2. The van der Waals surface area contributed by atoms with Crippen molar-refractivity contribution in [1.82, 2.24) is 9.97 Å². The SMILES string of the molecule is [2H]c1cc(C2([2H])CCC(C)(C)CC2)cc(C([2H])([2H])[2H])c1-c1cc(-c2[c-]ccc3c2oc2c(-c4ccccc4)cccc23)ncc1F.[Ir].[c-]1ccccc1-c1ccccn1. The fraction of sp³-hybridized carbons (Fsp3) is 0.184. The molecule has 1 saturated carbocycles. The molecular weight excluding hydrogens is 844 g/mol. The van der Waals surface area contributed by atoms with Crippen LogP contribution < -0.4 is 0 Å². The number of fused-ring (bicyclic) bond motifs is 3. The molecule has 0 unspecified atom stereocenters. The summed E-state index contributed by atoms with van der Waals surface area (Å²) in [5, 5.41) is 1.76. The first-order valence-electron chi connectivity index (χ1n) is 20.4. The Labute approximate surface area is 337 Å². The zero-order valence-corrected chi connectivity index (χ0v) is 32.4. The molecule has 54 heavy (non-hydrogen) atoms. The second-order valence-electron chi connectivity index (χ2n) is 14.2. The van der Waals surface area contributed by atoms with E-state index in [0.29, 0.717) is 40.8 Å². The average molecular weight is 890 g/mol. The third-order valence-corrected chi connectivity index (χ3v) is 10.1. The van der Waals surface area contributed by atoms with E-state index < -0.39 is 18.6 Å². The van der Waals surface area contributed by atoms with Gasteiger partial charge in [-0.3, -0.25) is 0 Å². The van der Waals surface area contributed by atoms with Crippen molar-refractivity contribution in [1.29, 1.82) is 0 Å². The van der Waals surface area contributed by atoms with Crippen LogP contribution in [0.4, 0.5) is 4.39 Å². The minimum Gasteiger partial charge on any atom is -0.500 e. The van der Waals surface area contributed by atoms with Gasteiger partial charge in [0.2, 0.25) is 0 Å². The van der Waals surface area contributed by atoms with Gasteiger partial charge in [-0.2, -0.15) is 0 Å². The van der Waals surface area contributed by atoms with Gasteiger partial charge in [0.25, 0.3) is 0 Å². The molecule has 5 heteroatoms. The Morgan fingerprint density at radius 3 is 2.33 bits per heavy atom. The van der Waals surface area contributed by atoms with E-state index in [-0.39, 0.29) is 48.3 Å². The minimum absolute atomic E-state index is 0. The summed E-state index contributed by atoms with van der Waals surface area (Å²) < 4.78 is 65.5. The summed E-state index contributed by atoms with van der Waals surface area (Å²) in [4.78, 5) is 8.59. The molecule has 1 fully saturated rings. The van der Waals surface area contributed by atoms with Crippen LogP contribution in [0.3, 0.4) is 0 Å². The zero-order valence-electron chi connectivity index (χ0n) is 35.0. The van der Waals surface area contributed by atoms with Crippen LogP contribution in [0.2, 0.25) is 0 Å². The average Bonchev–Trinajstić information content (AvgIpc) is 3.62. The monoisotopic (exact) mass is 890 g/mol. The van der Waals surface area contributed by atoms with Crippen molar-refractivity contribution in [3.05, 3.63) is 169 Å². The van der Waals surface area contributed by atoms with Gasteiger partial charge in [-0.25, -0.2) is 4.39 Å². The molecule has 1 radical (unpaired) electrons. The minimum atomic E-state index is -2.64. The summed E-state index contributed by atoms with van der Waals surface area (Å²) in [6.07, 6.45) is 5.63. The second-order valence-corrected chi connectivity index (χ2v) is 14.2. The van der Waals surface area contributed by atoms with E-state index in [0.717, 1.165) is 52.2 Å². The van der Waals surface area contributed by atoms with Crippen molar-refractivity contribution in [2.75, 3.05) is 0 Å². The third-order valence-electron chi connectivity index (χ3n) is 10.1. The zero-order chi connectivity index (χ0) is 40.7. The molecule has 8 aromatic rings. The fourth-order valence-electron chi connectivity index (χ4n) is 7.08. The molecule has 0 saturated heterocycles. The van der Waals surface area contributed by atoms with Crippen LogP contribution in [-0.2, 0) is 20.1 Å². The molecule has 0 atom stereocenters. The number of hydrogen-bond donors (Lipinski definition) is 0. The molecule has 0 aliphatic heterocycles. The van der Waals surface area contributed by atoms with Crippen LogP contribution in [0.5, 0.6) is 0 Å². The van der Waals surface area contributed by atoms with Gasteiger partial charge < -0.3 is 14.4 Å². The largest absolute Gasteiger partial charge is 0.500 e. The van der Waals surface area contributed by atoms with Crippen LogP contribution in [0.25, 0.3) is 66.7 Å². The van der Waals surface area contributed by atoms with Gasteiger partial charge in [0.1, 0.15) is 11.4 Å². The number of pyridine rings is 2. The molecule has 5 aromatic carbocycles. The molecule has 1 aliphatic carbocycles. The van der Waals surface area contributed by atoms with Crippen LogP contribution >= 0.6 is 0 Å². The van der Waals surface area contributed by atoms with Crippen molar-refractivity contribution in [3.8, 4) is 44.8 Å². The van der Waals surface area contributed by atoms with Crippen LogP contribution in [-0.4, -0.2) is 9.97 Å². The van der Waals surface area contributed by atoms with Crippen LogP contribution in [0, 0.1) is 30.2 Å². The molecule has 271 valence electrons. The summed E-state index contributed by atoms with van der Waals surface area (Å²) in [5.41, 5.74) is 6.44. The van der Waals surface area contributed by atoms with E-state index in [1.165, 1.54) is 12.1 Å². The number of nitrogens with zero attached hydrogens (tertiary/aromatic N) is 2. The maximum absolute atomic E-state index is 15.7. The van der Waals surface area contributed by atoms with E-state index in [1.54, 1.807) is 18.3 Å². The third kappa shape index (κ3) is 7.71. The van der Waals surface area contributed by atoms with E-state index in [4.69, 9.17) is 9.90 Å².